The third kappa shape index (κ3) is 4.18. The topological polar surface area (TPSA) is 136 Å². The summed E-state index contributed by atoms with van der Waals surface area (Å²) in [5.41, 5.74) is 1.37. The maximum Gasteiger partial charge on any atom is 0.350 e. The van der Waals surface area contributed by atoms with Gasteiger partial charge in [-0.2, -0.15) is 0 Å². The van der Waals surface area contributed by atoms with Gasteiger partial charge in [0.05, 0.1) is 52.7 Å². The molecule has 12 heteroatoms. The second-order valence-corrected chi connectivity index (χ2v) is 10.0. The highest BCUT2D eigenvalue weighted by atomic mass is 32.1. The van der Waals surface area contributed by atoms with E-state index in [9.17, 15) is 24.3 Å². The van der Waals surface area contributed by atoms with Crippen LogP contribution in [-0.4, -0.2) is 52.9 Å². The molecule has 1 aliphatic rings. The molecule has 0 saturated carbocycles. The van der Waals surface area contributed by atoms with E-state index in [0.717, 1.165) is 22.7 Å². The molecule has 36 heavy (non-hydrogen) atoms. The first-order valence-electron chi connectivity index (χ1n) is 10.6. The summed E-state index contributed by atoms with van der Waals surface area (Å²) in [5, 5.41) is 11.7. The lowest BCUT2D eigenvalue weighted by molar-refractivity contribution is -0.117. The molecule has 1 amide bonds. The van der Waals surface area contributed by atoms with E-state index in [-0.39, 0.29) is 21.1 Å². The first-order chi connectivity index (χ1) is 17.1. The van der Waals surface area contributed by atoms with E-state index < -0.39 is 35.4 Å². The predicted molar refractivity (Wildman–Crippen MR) is 132 cm³/mol. The molecule has 0 aliphatic carbocycles. The quantitative estimate of drug-likeness (QED) is 0.374. The first-order valence-corrected chi connectivity index (χ1v) is 12.2. The fraction of sp³-hybridized carbons (Fsp3) is 0.250. The van der Waals surface area contributed by atoms with Gasteiger partial charge in [-0.05, 0) is 38.5 Å². The van der Waals surface area contributed by atoms with Crippen LogP contribution < -0.4 is 4.90 Å². The highest BCUT2D eigenvalue weighted by molar-refractivity contribution is 7.17. The molecular weight excluding hydrogens is 506 g/mol. The minimum atomic E-state index is -1.07. The number of aromatic nitrogens is 2. The number of nitrogens with zero attached hydrogens (tertiary/aromatic N) is 3. The Labute approximate surface area is 213 Å². The van der Waals surface area contributed by atoms with E-state index in [1.165, 1.54) is 31.3 Å². The summed E-state index contributed by atoms with van der Waals surface area (Å²) in [6, 6.07) is 5.05. The Hall–Kier alpha value is -3.90. The predicted octanol–water partition coefficient (Wildman–Crippen LogP) is 3.88. The molecule has 3 aromatic rings. The van der Waals surface area contributed by atoms with Gasteiger partial charge in [-0.1, -0.05) is 23.5 Å². The maximum atomic E-state index is 13.7. The minimum absolute atomic E-state index is 0.103. The van der Waals surface area contributed by atoms with Crippen LogP contribution in [0, 0.1) is 20.8 Å². The first kappa shape index (κ1) is 25.2. The standard InChI is InChI=1S/C24H21N3O7S2/c1-10-19(35-12(3)25-10)17(28)15-16(13-6-8-14(9-7-13)22(31)33-4)27(21(30)18(15)29)24-26-11(2)20(36-24)23(32)34-5/h6-9,16,29H,1-5H3. The lowest BCUT2D eigenvalue weighted by atomic mass is 9.94. The van der Waals surface area contributed by atoms with E-state index in [1.54, 1.807) is 32.9 Å². The number of carbonyl (C=O) groups excluding carboxylic acids is 4. The number of carbonyl (C=O) groups is 4. The summed E-state index contributed by atoms with van der Waals surface area (Å²) in [5.74, 6) is -3.28. The average Bonchev–Trinajstić information content (AvgIpc) is 3.50. The van der Waals surface area contributed by atoms with Gasteiger partial charge in [0.25, 0.3) is 5.91 Å². The Morgan fingerprint density at radius 3 is 2.08 bits per heavy atom. The summed E-state index contributed by atoms with van der Waals surface area (Å²) in [7, 11) is 2.49. The molecule has 4 rings (SSSR count). The summed E-state index contributed by atoms with van der Waals surface area (Å²) in [4.78, 5) is 61.4. The highest BCUT2D eigenvalue weighted by Crippen LogP contribution is 2.44. The zero-order valence-corrected chi connectivity index (χ0v) is 21.6. The average molecular weight is 528 g/mol. The van der Waals surface area contributed by atoms with E-state index >= 15 is 0 Å². The smallest absolute Gasteiger partial charge is 0.350 e. The van der Waals surface area contributed by atoms with Crippen LogP contribution in [0.3, 0.4) is 0 Å². The molecule has 2 aromatic heterocycles. The molecule has 1 N–H and O–H groups in total. The van der Waals surface area contributed by atoms with E-state index in [2.05, 4.69) is 9.97 Å². The summed E-state index contributed by atoms with van der Waals surface area (Å²) < 4.78 is 9.54. The van der Waals surface area contributed by atoms with Crippen LogP contribution in [0.4, 0.5) is 5.13 Å². The van der Waals surface area contributed by atoms with Gasteiger partial charge in [0.15, 0.2) is 10.9 Å². The van der Waals surface area contributed by atoms with Crippen molar-refractivity contribution < 1.29 is 33.8 Å². The van der Waals surface area contributed by atoms with Crippen molar-refractivity contribution in [2.75, 3.05) is 19.1 Å². The number of ketones is 1. The molecule has 10 nitrogen and oxygen atoms in total. The molecule has 3 heterocycles. The van der Waals surface area contributed by atoms with Crippen molar-refractivity contribution in [1.82, 2.24) is 9.97 Å². The Kier molecular flexibility index (Phi) is 6.74. The molecule has 186 valence electrons. The third-order valence-electron chi connectivity index (χ3n) is 5.57. The Balaban J connectivity index is 1.88. The fourth-order valence-corrected chi connectivity index (χ4v) is 5.79. The van der Waals surface area contributed by atoms with Gasteiger partial charge in [-0.25, -0.2) is 19.6 Å². The lowest BCUT2D eigenvalue weighted by Gasteiger charge is -2.24. The second kappa shape index (κ2) is 9.63. The normalized spacial score (nSPS) is 15.4. The van der Waals surface area contributed by atoms with Crippen LogP contribution in [0.15, 0.2) is 35.6 Å². The molecule has 1 atom stereocenters. The van der Waals surface area contributed by atoms with Crippen molar-refractivity contribution in [3.8, 4) is 0 Å². The molecule has 1 aromatic carbocycles. The Morgan fingerprint density at radius 2 is 1.53 bits per heavy atom. The number of hydrogen-bond donors (Lipinski definition) is 1. The molecule has 0 saturated heterocycles. The number of aliphatic hydroxyl groups is 1. The van der Waals surface area contributed by atoms with Gasteiger partial charge in [-0.15, -0.1) is 11.3 Å². The number of anilines is 1. The van der Waals surface area contributed by atoms with Crippen LogP contribution in [0.5, 0.6) is 0 Å². The molecule has 1 unspecified atom stereocenters. The van der Waals surface area contributed by atoms with Crippen LogP contribution in [-0.2, 0) is 14.3 Å². The Bertz CT molecular complexity index is 1440. The van der Waals surface area contributed by atoms with Crippen LogP contribution >= 0.6 is 22.7 Å². The third-order valence-corrected chi connectivity index (χ3v) is 7.78. The second-order valence-electron chi connectivity index (χ2n) is 7.83. The SMILES string of the molecule is COC(=O)c1ccc(C2C(C(=O)c3sc(C)nc3C)=C(O)C(=O)N2c2nc(C)c(C(=O)OC)s2)cc1. The molecule has 1 aliphatic heterocycles. The van der Waals surface area contributed by atoms with Crippen molar-refractivity contribution in [3.63, 3.8) is 0 Å². The van der Waals surface area contributed by atoms with Crippen molar-refractivity contribution in [2.24, 2.45) is 0 Å². The zero-order valence-electron chi connectivity index (χ0n) is 19.9. The number of thiazole rings is 2. The molecule has 0 spiro atoms. The number of hydrogen-bond acceptors (Lipinski definition) is 11. The van der Waals surface area contributed by atoms with Gasteiger partial charge >= 0.3 is 11.9 Å². The monoisotopic (exact) mass is 527 g/mol. The van der Waals surface area contributed by atoms with Crippen molar-refractivity contribution in [1.29, 1.82) is 0 Å². The van der Waals surface area contributed by atoms with E-state index in [1.807, 2.05) is 0 Å². The number of Topliss-reactive ketones (excluding diaryl/α,β-unsaturated/α-hetero) is 1. The number of benzene rings is 1. The summed E-state index contributed by atoms with van der Waals surface area (Å²) >= 11 is 2.07. The maximum absolute atomic E-state index is 13.7. The number of aryl methyl sites for hydroxylation is 3. The van der Waals surface area contributed by atoms with E-state index in [0.29, 0.717) is 26.8 Å². The number of methoxy groups -OCH3 is 2. The lowest BCUT2D eigenvalue weighted by Crippen LogP contribution is -2.31. The van der Waals surface area contributed by atoms with Crippen molar-refractivity contribution >= 4 is 51.4 Å². The van der Waals surface area contributed by atoms with Crippen LogP contribution in [0.2, 0.25) is 0 Å². The summed E-state index contributed by atoms with van der Waals surface area (Å²) in [6.07, 6.45) is 0. The van der Waals surface area contributed by atoms with Gasteiger partial charge in [-0.3, -0.25) is 14.5 Å². The number of rotatable bonds is 6. The van der Waals surface area contributed by atoms with E-state index in [4.69, 9.17) is 9.47 Å². The number of amides is 1. The molecule has 0 radical (unpaired) electrons. The van der Waals surface area contributed by atoms with Crippen LogP contribution in [0.1, 0.15) is 57.7 Å². The van der Waals surface area contributed by atoms with Gasteiger partial charge in [0, 0.05) is 0 Å². The van der Waals surface area contributed by atoms with Gasteiger partial charge in [0.2, 0.25) is 5.78 Å². The van der Waals surface area contributed by atoms with Crippen molar-refractivity contribution in [2.45, 2.75) is 26.8 Å². The van der Waals surface area contributed by atoms with Crippen molar-refractivity contribution in [3.05, 3.63) is 72.9 Å². The van der Waals surface area contributed by atoms with Gasteiger partial charge in [0.1, 0.15) is 4.88 Å². The zero-order chi connectivity index (χ0) is 26.3. The summed E-state index contributed by atoms with van der Waals surface area (Å²) in [6.45, 7) is 5.02. The number of esters is 2. The molecular formula is C24H21N3O7S2. The Morgan fingerprint density at radius 1 is 0.917 bits per heavy atom. The van der Waals surface area contributed by atoms with Gasteiger partial charge < -0.3 is 14.6 Å². The minimum Gasteiger partial charge on any atom is -0.503 e. The highest BCUT2D eigenvalue weighted by Gasteiger charge is 2.46. The van der Waals surface area contributed by atoms with Crippen LogP contribution in [0.25, 0.3) is 0 Å². The number of ether oxygens (including phenoxy) is 2. The number of aliphatic hydroxyl groups excluding tert-OH is 1. The largest absolute Gasteiger partial charge is 0.503 e. The molecule has 0 bridgehead atoms. The fourth-order valence-electron chi connectivity index (χ4n) is 3.90. The molecule has 0 fully saturated rings.